The lowest BCUT2D eigenvalue weighted by Gasteiger charge is -2.12. The van der Waals surface area contributed by atoms with Crippen LogP contribution in [-0.4, -0.2) is 39.1 Å². The third-order valence-corrected chi connectivity index (χ3v) is 3.37. The molecule has 1 aliphatic rings. The van der Waals surface area contributed by atoms with E-state index in [4.69, 9.17) is 14.2 Å². The molecule has 0 bridgehead atoms. The Hall–Kier alpha value is -1.10. The van der Waals surface area contributed by atoms with Gasteiger partial charge in [0.2, 0.25) is 0 Å². The van der Waals surface area contributed by atoms with Crippen molar-refractivity contribution in [1.29, 1.82) is 0 Å². The Morgan fingerprint density at radius 2 is 2.24 bits per heavy atom. The number of nitrogens with one attached hydrogen (secondary N) is 1. The summed E-state index contributed by atoms with van der Waals surface area (Å²) in [7, 11) is 0. The smallest absolute Gasteiger partial charge is 0.119 e. The molecule has 0 aliphatic carbocycles. The van der Waals surface area contributed by atoms with Crippen molar-refractivity contribution >= 4 is 0 Å². The molecule has 1 fully saturated rings. The molecule has 118 valence electrons. The van der Waals surface area contributed by atoms with Crippen LogP contribution in [-0.2, 0) is 16.0 Å². The summed E-state index contributed by atoms with van der Waals surface area (Å²) in [5, 5.41) is 3.44. The van der Waals surface area contributed by atoms with Gasteiger partial charge in [0, 0.05) is 13.2 Å². The fourth-order valence-corrected chi connectivity index (χ4v) is 2.27. The quantitative estimate of drug-likeness (QED) is 0.711. The average Bonchev–Trinajstić information content (AvgIpc) is 2.97. The van der Waals surface area contributed by atoms with Gasteiger partial charge in [0.25, 0.3) is 0 Å². The van der Waals surface area contributed by atoms with E-state index in [9.17, 15) is 0 Å². The number of hydrogen-bond acceptors (Lipinski definition) is 4. The lowest BCUT2D eigenvalue weighted by molar-refractivity contribution is 0.0265. The standard InChI is InChI=1S/C17H27NO3/c1-14(2)11-18-12-15-4-3-5-16(10-15)20-8-9-21-17-6-7-19-13-17/h3-5,10,14,17-18H,6-9,11-13H2,1-2H3. The van der Waals surface area contributed by atoms with E-state index >= 15 is 0 Å². The molecule has 1 heterocycles. The van der Waals surface area contributed by atoms with E-state index < -0.39 is 0 Å². The Morgan fingerprint density at radius 1 is 1.33 bits per heavy atom. The molecule has 1 atom stereocenters. The zero-order valence-electron chi connectivity index (χ0n) is 13.1. The zero-order chi connectivity index (χ0) is 14.9. The molecule has 1 N–H and O–H groups in total. The van der Waals surface area contributed by atoms with Gasteiger partial charge in [-0.25, -0.2) is 0 Å². The van der Waals surface area contributed by atoms with E-state index in [0.29, 0.717) is 19.1 Å². The molecule has 1 aromatic rings. The minimum atomic E-state index is 0.250. The normalized spacial score (nSPS) is 18.3. The molecule has 1 aliphatic heterocycles. The Balaban J connectivity index is 1.65. The second-order valence-corrected chi connectivity index (χ2v) is 5.88. The van der Waals surface area contributed by atoms with Gasteiger partial charge in [-0.05, 0) is 36.6 Å². The van der Waals surface area contributed by atoms with Gasteiger partial charge in [-0.3, -0.25) is 0 Å². The lowest BCUT2D eigenvalue weighted by atomic mass is 10.2. The number of rotatable bonds is 9. The molecular formula is C17H27NO3. The van der Waals surface area contributed by atoms with Crippen LogP contribution >= 0.6 is 0 Å². The van der Waals surface area contributed by atoms with Crippen molar-refractivity contribution < 1.29 is 14.2 Å². The second-order valence-electron chi connectivity index (χ2n) is 5.88. The first-order chi connectivity index (χ1) is 10.2. The summed E-state index contributed by atoms with van der Waals surface area (Å²) in [5.41, 5.74) is 1.25. The third-order valence-electron chi connectivity index (χ3n) is 3.37. The van der Waals surface area contributed by atoms with Crippen LogP contribution in [0.3, 0.4) is 0 Å². The van der Waals surface area contributed by atoms with Gasteiger partial charge in [-0.1, -0.05) is 26.0 Å². The molecule has 2 rings (SSSR count). The molecule has 4 nitrogen and oxygen atoms in total. The second kappa shape index (κ2) is 9.03. The Labute approximate surface area is 127 Å². The van der Waals surface area contributed by atoms with E-state index in [1.807, 2.05) is 12.1 Å². The first kappa shape index (κ1) is 16.3. The van der Waals surface area contributed by atoms with Crippen molar-refractivity contribution in [2.75, 3.05) is 33.0 Å². The van der Waals surface area contributed by atoms with Crippen LogP contribution in [0, 0.1) is 5.92 Å². The van der Waals surface area contributed by atoms with Crippen molar-refractivity contribution in [1.82, 2.24) is 5.32 Å². The highest BCUT2D eigenvalue weighted by atomic mass is 16.6. The van der Waals surface area contributed by atoms with Gasteiger partial charge in [0.15, 0.2) is 0 Å². The third kappa shape index (κ3) is 6.46. The summed E-state index contributed by atoms with van der Waals surface area (Å²) in [5.74, 6) is 1.58. The summed E-state index contributed by atoms with van der Waals surface area (Å²) < 4.78 is 16.7. The molecule has 0 spiro atoms. The van der Waals surface area contributed by atoms with Crippen LogP contribution in [0.5, 0.6) is 5.75 Å². The van der Waals surface area contributed by atoms with E-state index in [1.54, 1.807) is 0 Å². The number of hydrogen-bond donors (Lipinski definition) is 1. The van der Waals surface area contributed by atoms with Crippen LogP contribution < -0.4 is 10.1 Å². The Bertz CT molecular complexity index is 403. The number of benzene rings is 1. The first-order valence-corrected chi connectivity index (χ1v) is 7.86. The highest BCUT2D eigenvalue weighted by Crippen LogP contribution is 2.14. The van der Waals surface area contributed by atoms with Crippen molar-refractivity contribution in [3.8, 4) is 5.75 Å². The monoisotopic (exact) mass is 293 g/mol. The zero-order valence-corrected chi connectivity index (χ0v) is 13.1. The largest absolute Gasteiger partial charge is 0.491 e. The molecular weight excluding hydrogens is 266 g/mol. The van der Waals surface area contributed by atoms with Crippen LogP contribution in [0.1, 0.15) is 25.8 Å². The summed E-state index contributed by atoms with van der Waals surface area (Å²) in [6.45, 7) is 9.06. The van der Waals surface area contributed by atoms with Crippen LogP contribution in [0.15, 0.2) is 24.3 Å². The predicted molar refractivity (Wildman–Crippen MR) is 83.7 cm³/mol. The minimum absolute atomic E-state index is 0.250. The van der Waals surface area contributed by atoms with Crippen LogP contribution in [0.25, 0.3) is 0 Å². The maximum atomic E-state index is 5.74. The topological polar surface area (TPSA) is 39.7 Å². The molecule has 4 heteroatoms. The van der Waals surface area contributed by atoms with Gasteiger partial charge in [0.05, 0.1) is 19.3 Å². The summed E-state index contributed by atoms with van der Waals surface area (Å²) >= 11 is 0. The van der Waals surface area contributed by atoms with Crippen LogP contribution in [0.2, 0.25) is 0 Å². The molecule has 0 aromatic heterocycles. The van der Waals surface area contributed by atoms with Crippen molar-refractivity contribution in [2.45, 2.75) is 32.9 Å². The summed E-state index contributed by atoms with van der Waals surface area (Å²) in [6.07, 6.45) is 1.25. The van der Waals surface area contributed by atoms with Gasteiger partial charge >= 0.3 is 0 Å². The van der Waals surface area contributed by atoms with E-state index in [1.165, 1.54) is 5.56 Å². The molecule has 1 unspecified atom stereocenters. The van der Waals surface area contributed by atoms with E-state index in [0.717, 1.165) is 38.5 Å². The molecule has 21 heavy (non-hydrogen) atoms. The summed E-state index contributed by atoms with van der Waals surface area (Å²) in [4.78, 5) is 0. The summed E-state index contributed by atoms with van der Waals surface area (Å²) in [6, 6.07) is 8.23. The molecule has 0 saturated carbocycles. The van der Waals surface area contributed by atoms with Crippen molar-refractivity contribution in [2.24, 2.45) is 5.92 Å². The maximum absolute atomic E-state index is 5.74. The minimum Gasteiger partial charge on any atom is -0.491 e. The average molecular weight is 293 g/mol. The van der Waals surface area contributed by atoms with E-state index in [2.05, 4.69) is 31.3 Å². The lowest BCUT2D eigenvalue weighted by Crippen LogP contribution is -2.19. The Morgan fingerprint density at radius 3 is 3.00 bits per heavy atom. The molecule has 0 radical (unpaired) electrons. The number of ether oxygens (including phenoxy) is 3. The van der Waals surface area contributed by atoms with Crippen molar-refractivity contribution in [3.05, 3.63) is 29.8 Å². The maximum Gasteiger partial charge on any atom is 0.119 e. The van der Waals surface area contributed by atoms with Gasteiger partial charge in [0.1, 0.15) is 12.4 Å². The van der Waals surface area contributed by atoms with Gasteiger partial charge < -0.3 is 19.5 Å². The van der Waals surface area contributed by atoms with Crippen molar-refractivity contribution in [3.63, 3.8) is 0 Å². The van der Waals surface area contributed by atoms with Crippen LogP contribution in [0.4, 0.5) is 0 Å². The highest BCUT2D eigenvalue weighted by Gasteiger charge is 2.15. The van der Waals surface area contributed by atoms with Gasteiger partial charge in [-0.15, -0.1) is 0 Å². The Kier molecular flexibility index (Phi) is 7.00. The SMILES string of the molecule is CC(C)CNCc1cccc(OCCOC2CCOC2)c1. The predicted octanol–water partition coefficient (Wildman–Crippen LogP) is 2.62. The first-order valence-electron chi connectivity index (χ1n) is 7.86. The van der Waals surface area contributed by atoms with Gasteiger partial charge in [-0.2, -0.15) is 0 Å². The fourth-order valence-electron chi connectivity index (χ4n) is 2.27. The molecule has 1 saturated heterocycles. The highest BCUT2D eigenvalue weighted by molar-refractivity contribution is 5.28. The molecule has 1 aromatic carbocycles. The molecule has 0 amide bonds. The fraction of sp³-hybridized carbons (Fsp3) is 0.647. The van der Waals surface area contributed by atoms with E-state index in [-0.39, 0.29) is 6.10 Å².